The van der Waals surface area contributed by atoms with Crippen LogP contribution in [0.4, 0.5) is 4.39 Å². The first-order valence-electron chi connectivity index (χ1n) is 8.20. The van der Waals surface area contributed by atoms with Gasteiger partial charge in [-0.2, -0.15) is 0 Å². The lowest BCUT2D eigenvalue weighted by molar-refractivity contribution is -0.120. The van der Waals surface area contributed by atoms with E-state index >= 15 is 0 Å². The Bertz CT molecular complexity index is 754. The summed E-state index contributed by atoms with van der Waals surface area (Å²) in [6.07, 6.45) is 0. The van der Waals surface area contributed by atoms with Gasteiger partial charge in [-0.1, -0.05) is 30.3 Å². The number of nitrogens with one attached hydrogen (secondary N) is 3. The Morgan fingerprint density at radius 2 is 1.74 bits per heavy atom. The number of ether oxygens (including phenoxy) is 1. The fourth-order valence-corrected chi connectivity index (χ4v) is 2.21. The summed E-state index contributed by atoms with van der Waals surface area (Å²) >= 11 is 0. The highest BCUT2D eigenvalue weighted by Gasteiger charge is 2.05. The summed E-state index contributed by atoms with van der Waals surface area (Å²) < 4.78 is 18.7. The Hall–Kier alpha value is -2.36. The quantitative estimate of drug-likeness (QED) is 0.320. The van der Waals surface area contributed by atoms with Crippen LogP contribution in [0.15, 0.2) is 53.5 Å². The SMILES string of the molecule is CN=C(NCC(=O)NCc1ccc(OC)cc1)NCc1ccccc1F.I. The van der Waals surface area contributed by atoms with Crippen LogP contribution in [-0.4, -0.2) is 32.6 Å². The van der Waals surface area contributed by atoms with E-state index < -0.39 is 0 Å². The molecule has 27 heavy (non-hydrogen) atoms. The summed E-state index contributed by atoms with van der Waals surface area (Å²) in [6, 6.07) is 14.0. The van der Waals surface area contributed by atoms with Gasteiger partial charge in [0.05, 0.1) is 13.7 Å². The Labute approximate surface area is 175 Å². The van der Waals surface area contributed by atoms with Crippen LogP contribution in [0.2, 0.25) is 0 Å². The molecule has 2 aromatic rings. The number of rotatable bonds is 7. The number of carbonyl (C=O) groups excluding carboxylic acids is 1. The molecule has 0 atom stereocenters. The maximum Gasteiger partial charge on any atom is 0.239 e. The first-order chi connectivity index (χ1) is 12.6. The van der Waals surface area contributed by atoms with E-state index in [2.05, 4.69) is 20.9 Å². The molecular weight excluding hydrogens is 462 g/mol. The molecule has 0 spiro atoms. The standard InChI is InChI=1S/C19H23FN4O2.HI/c1-21-19(23-12-15-5-3-4-6-17(15)20)24-13-18(25)22-11-14-7-9-16(26-2)10-8-14;/h3-10H,11-13H2,1-2H3,(H,22,25)(H2,21,23,24);1H. The van der Waals surface area contributed by atoms with Gasteiger partial charge in [-0.25, -0.2) is 4.39 Å². The van der Waals surface area contributed by atoms with Gasteiger partial charge in [-0.15, -0.1) is 24.0 Å². The third-order valence-corrected chi connectivity index (χ3v) is 3.69. The molecule has 146 valence electrons. The highest BCUT2D eigenvalue weighted by molar-refractivity contribution is 14.0. The van der Waals surface area contributed by atoms with Gasteiger partial charge in [-0.05, 0) is 23.8 Å². The highest BCUT2D eigenvalue weighted by Crippen LogP contribution is 2.10. The van der Waals surface area contributed by atoms with E-state index in [0.29, 0.717) is 18.1 Å². The number of halogens is 2. The van der Waals surface area contributed by atoms with Gasteiger partial charge in [0.15, 0.2) is 5.96 Å². The third-order valence-electron chi connectivity index (χ3n) is 3.69. The molecule has 1 amide bonds. The monoisotopic (exact) mass is 486 g/mol. The number of nitrogens with zero attached hydrogens (tertiary/aromatic N) is 1. The molecule has 0 aromatic heterocycles. The Kier molecular flexibility index (Phi) is 10.2. The zero-order valence-electron chi connectivity index (χ0n) is 15.3. The topological polar surface area (TPSA) is 74.8 Å². The number of methoxy groups -OCH3 is 1. The van der Waals surface area contributed by atoms with Crippen molar-refractivity contribution >= 4 is 35.8 Å². The number of hydrogen-bond donors (Lipinski definition) is 3. The van der Waals surface area contributed by atoms with Crippen LogP contribution in [0.5, 0.6) is 5.75 Å². The lowest BCUT2D eigenvalue weighted by Crippen LogP contribution is -2.42. The van der Waals surface area contributed by atoms with Crippen molar-refractivity contribution in [1.29, 1.82) is 0 Å². The van der Waals surface area contributed by atoms with Gasteiger partial charge in [-0.3, -0.25) is 9.79 Å². The largest absolute Gasteiger partial charge is 0.497 e. The van der Waals surface area contributed by atoms with E-state index in [1.165, 1.54) is 6.07 Å². The van der Waals surface area contributed by atoms with Gasteiger partial charge in [0.1, 0.15) is 11.6 Å². The molecule has 6 nitrogen and oxygen atoms in total. The van der Waals surface area contributed by atoms with Crippen LogP contribution in [0.25, 0.3) is 0 Å². The molecular formula is C19H24FIN4O2. The number of amides is 1. The first kappa shape index (κ1) is 22.7. The molecule has 0 radical (unpaired) electrons. The minimum Gasteiger partial charge on any atom is -0.497 e. The predicted molar refractivity (Wildman–Crippen MR) is 115 cm³/mol. The first-order valence-corrected chi connectivity index (χ1v) is 8.20. The lowest BCUT2D eigenvalue weighted by Gasteiger charge is -2.12. The molecule has 0 aliphatic carbocycles. The third kappa shape index (κ3) is 7.81. The van der Waals surface area contributed by atoms with Crippen LogP contribution in [-0.2, 0) is 17.9 Å². The van der Waals surface area contributed by atoms with Crippen molar-refractivity contribution in [3.8, 4) is 5.75 Å². The normalized spacial score (nSPS) is 10.6. The van der Waals surface area contributed by atoms with Crippen molar-refractivity contribution in [3.63, 3.8) is 0 Å². The molecule has 0 unspecified atom stereocenters. The molecule has 0 aliphatic heterocycles. The molecule has 0 aliphatic rings. The number of aliphatic imine (C=N–C) groups is 1. The Morgan fingerprint density at radius 3 is 2.37 bits per heavy atom. The van der Waals surface area contributed by atoms with Crippen LogP contribution < -0.4 is 20.7 Å². The summed E-state index contributed by atoms with van der Waals surface area (Å²) in [6.45, 7) is 0.763. The van der Waals surface area contributed by atoms with Crippen molar-refractivity contribution in [2.75, 3.05) is 20.7 Å². The number of benzene rings is 2. The fourth-order valence-electron chi connectivity index (χ4n) is 2.21. The van der Waals surface area contributed by atoms with E-state index in [4.69, 9.17) is 4.74 Å². The summed E-state index contributed by atoms with van der Waals surface area (Å²) in [5, 5.41) is 8.68. The van der Waals surface area contributed by atoms with Crippen LogP contribution in [0, 0.1) is 5.82 Å². The fraction of sp³-hybridized carbons (Fsp3) is 0.263. The molecule has 0 saturated carbocycles. The van der Waals surface area contributed by atoms with Crippen molar-refractivity contribution in [2.24, 2.45) is 4.99 Å². The molecule has 0 saturated heterocycles. The molecule has 8 heteroatoms. The average Bonchev–Trinajstić information content (AvgIpc) is 2.68. The van der Waals surface area contributed by atoms with Crippen molar-refractivity contribution in [2.45, 2.75) is 13.1 Å². The van der Waals surface area contributed by atoms with Crippen molar-refractivity contribution in [1.82, 2.24) is 16.0 Å². The maximum atomic E-state index is 13.6. The van der Waals surface area contributed by atoms with E-state index in [0.717, 1.165) is 11.3 Å². The van der Waals surface area contributed by atoms with Gasteiger partial charge in [0.2, 0.25) is 5.91 Å². The summed E-state index contributed by atoms with van der Waals surface area (Å²) in [5.41, 5.74) is 1.50. The smallest absolute Gasteiger partial charge is 0.239 e. The van der Waals surface area contributed by atoms with Crippen molar-refractivity contribution < 1.29 is 13.9 Å². The van der Waals surface area contributed by atoms with Gasteiger partial charge < -0.3 is 20.7 Å². The molecule has 2 aromatic carbocycles. The predicted octanol–water partition coefficient (Wildman–Crippen LogP) is 2.43. The summed E-state index contributed by atoms with van der Waals surface area (Å²) in [7, 11) is 3.20. The summed E-state index contributed by atoms with van der Waals surface area (Å²) in [4.78, 5) is 16.0. The van der Waals surface area contributed by atoms with Crippen LogP contribution in [0.3, 0.4) is 0 Å². The zero-order chi connectivity index (χ0) is 18.8. The highest BCUT2D eigenvalue weighted by atomic mass is 127. The van der Waals surface area contributed by atoms with Crippen LogP contribution in [0.1, 0.15) is 11.1 Å². The average molecular weight is 486 g/mol. The molecule has 0 fully saturated rings. The lowest BCUT2D eigenvalue weighted by atomic mass is 10.2. The minimum atomic E-state index is -0.285. The van der Waals surface area contributed by atoms with E-state index in [9.17, 15) is 9.18 Å². The van der Waals surface area contributed by atoms with E-state index in [1.807, 2.05) is 24.3 Å². The Morgan fingerprint density at radius 1 is 1.04 bits per heavy atom. The van der Waals surface area contributed by atoms with E-state index in [1.54, 1.807) is 32.4 Å². The number of carbonyl (C=O) groups is 1. The summed E-state index contributed by atoms with van der Waals surface area (Å²) in [5.74, 6) is 0.738. The maximum absolute atomic E-state index is 13.6. The Balaban J connectivity index is 0.00000364. The number of guanidine groups is 1. The van der Waals surface area contributed by atoms with Gasteiger partial charge >= 0.3 is 0 Å². The van der Waals surface area contributed by atoms with Crippen LogP contribution >= 0.6 is 24.0 Å². The second-order valence-electron chi connectivity index (χ2n) is 5.50. The number of hydrogen-bond acceptors (Lipinski definition) is 3. The van der Waals surface area contributed by atoms with E-state index in [-0.39, 0.29) is 48.8 Å². The molecule has 0 heterocycles. The second-order valence-corrected chi connectivity index (χ2v) is 5.50. The molecule has 3 N–H and O–H groups in total. The van der Waals surface area contributed by atoms with Gasteiger partial charge in [0.25, 0.3) is 0 Å². The minimum absolute atomic E-state index is 0. The molecule has 0 bridgehead atoms. The second kappa shape index (κ2) is 12.1. The van der Waals surface area contributed by atoms with Gasteiger partial charge in [0, 0.05) is 25.7 Å². The van der Waals surface area contributed by atoms with Crippen molar-refractivity contribution in [3.05, 3.63) is 65.5 Å². The molecule has 2 rings (SSSR count). The zero-order valence-corrected chi connectivity index (χ0v) is 17.6.